The molecular weight excluding hydrogens is 122 g/mol. The van der Waals surface area contributed by atoms with Gasteiger partial charge in [0.25, 0.3) is 0 Å². The van der Waals surface area contributed by atoms with Gasteiger partial charge in [-0.3, -0.25) is 5.01 Å². The number of rotatable bonds is 1. The largest absolute Gasteiger partial charge is 0.393 e. The lowest BCUT2D eigenvalue weighted by molar-refractivity contribution is 0.161. The van der Waals surface area contributed by atoms with E-state index in [0.717, 1.165) is 0 Å². The molecular formula is C4H9N3O2. The summed E-state index contributed by atoms with van der Waals surface area (Å²) in [7, 11) is 0. The van der Waals surface area contributed by atoms with E-state index in [1.54, 1.807) is 0 Å². The van der Waals surface area contributed by atoms with Gasteiger partial charge in [-0.1, -0.05) is 0 Å². The Hall–Kier alpha value is -0.840. The molecule has 5 nitrogen and oxygen atoms in total. The van der Waals surface area contributed by atoms with E-state index in [0.29, 0.717) is 19.5 Å². The minimum Gasteiger partial charge on any atom is -0.393 e. The smallest absolute Gasteiger partial charge is 0.0750 e. The summed E-state index contributed by atoms with van der Waals surface area (Å²) in [6, 6.07) is 0. The number of aliphatic hydroxyl groups excluding tert-OH is 1. The van der Waals surface area contributed by atoms with Gasteiger partial charge in [0.1, 0.15) is 0 Å². The standard InChI is InChI=1S/C4H9N3O2/c8-4-1-2-7(3-4)5-6-9/h4,8H,1-3H2,(H,5,9). The van der Waals surface area contributed by atoms with Crippen molar-refractivity contribution >= 4 is 0 Å². The predicted molar refractivity (Wildman–Crippen MR) is 28.8 cm³/mol. The molecule has 0 aromatic heterocycles. The summed E-state index contributed by atoms with van der Waals surface area (Å²) in [6.07, 6.45) is 0.398. The van der Waals surface area contributed by atoms with Gasteiger partial charge < -0.3 is 10.3 Å². The lowest BCUT2D eigenvalue weighted by Crippen LogP contribution is -2.14. The Kier molecular flexibility index (Phi) is 1.84. The van der Waals surface area contributed by atoms with Crippen LogP contribution in [-0.2, 0) is 0 Å². The van der Waals surface area contributed by atoms with Gasteiger partial charge in [0.05, 0.1) is 12.6 Å². The highest BCUT2D eigenvalue weighted by Crippen LogP contribution is 2.07. The second-order valence-corrected chi connectivity index (χ2v) is 2.03. The molecule has 0 aliphatic carbocycles. The van der Waals surface area contributed by atoms with Crippen LogP contribution in [0.4, 0.5) is 0 Å². The Morgan fingerprint density at radius 1 is 1.56 bits per heavy atom. The zero-order valence-electron chi connectivity index (χ0n) is 4.93. The zero-order chi connectivity index (χ0) is 6.69. The van der Waals surface area contributed by atoms with Gasteiger partial charge >= 0.3 is 0 Å². The average Bonchev–Trinajstić information content (AvgIpc) is 2.17. The van der Waals surface area contributed by atoms with E-state index in [4.69, 9.17) is 10.3 Å². The first-order valence-electron chi connectivity index (χ1n) is 2.81. The topological polar surface area (TPSA) is 68.4 Å². The first kappa shape index (κ1) is 6.28. The van der Waals surface area contributed by atoms with Crippen LogP contribution in [0.3, 0.4) is 0 Å². The minimum atomic E-state index is -0.310. The molecule has 1 heterocycles. The van der Waals surface area contributed by atoms with Gasteiger partial charge in [0.2, 0.25) is 0 Å². The highest BCUT2D eigenvalue weighted by Gasteiger charge is 2.18. The van der Waals surface area contributed by atoms with Crippen LogP contribution in [0.2, 0.25) is 0 Å². The predicted octanol–water partition coefficient (Wildman–Crippen LogP) is -0.191. The van der Waals surface area contributed by atoms with Crippen molar-refractivity contribution in [1.29, 1.82) is 0 Å². The molecule has 52 valence electrons. The van der Waals surface area contributed by atoms with Crippen molar-refractivity contribution in [2.45, 2.75) is 12.5 Å². The third-order valence-electron chi connectivity index (χ3n) is 1.31. The van der Waals surface area contributed by atoms with Gasteiger partial charge in [-0.25, -0.2) is 0 Å². The van der Waals surface area contributed by atoms with Crippen molar-refractivity contribution in [3.05, 3.63) is 0 Å². The molecule has 0 saturated carbocycles. The molecule has 0 bridgehead atoms. The van der Waals surface area contributed by atoms with Gasteiger partial charge in [-0.15, -0.1) is 0 Å². The monoisotopic (exact) mass is 131 g/mol. The van der Waals surface area contributed by atoms with E-state index in [1.807, 2.05) is 0 Å². The van der Waals surface area contributed by atoms with Crippen LogP contribution in [0, 0.1) is 0 Å². The van der Waals surface area contributed by atoms with Crippen molar-refractivity contribution < 1.29 is 10.3 Å². The number of aliphatic hydroxyl groups is 1. The number of β-amino-alcohol motifs (C(OH)–C–C–N with tert-alkyl or cyclic N) is 1. The molecule has 1 aliphatic rings. The van der Waals surface area contributed by atoms with E-state index >= 15 is 0 Å². The maximum absolute atomic E-state index is 8.90. The fraction of sp³-hybridized carbons (Fsp3) is 1.00. The van der Waals surface area contributed by atoms with Crippen molar-refractivity contribution in [3.8, 4) is 0 Å². The molecule has 1 saturated heterocycles. The quantitative estimate of drug-likeness (QED) is 0.383. The summed E-state index contributed by atoms with van der Waals surface area (Å²) in [5.74, 6) is 0. The van der Waals surface area contributed by atoms with E-state index < -0.39 is 0 Å². The van der Waals surface area contributed by atoms with Gasteiger partial charge in [-0.05, 0) is 11.6 Å². The van der Waals surface area contributed by atoms with E-state index in [-0.39, 0.29) is 6.10 Å². The summed E-state index contributed by atoms with van der Waals surface area (Å²) < 4.78 is 0. The zero-order valence-corrected chi connectivity index (χ0v) is 4.93. The lowest BCUT2D eigenvalue weighted by atomic mass is 10.3. The van der Waals surface area contributed by atoms with E-state index in [9.17, 15) is 0 Å². The van der Waals surface area contributed by atoms with E-state index in [1.165, 1.54) is 5.01 Å². The molecule has 0 spiro atoms. The van der Waals surface area contributed by atoms with Crippen LogP contribution >= 0.6 is 0 Å². The molecule has 5 heteroatoms. The first-order chi connectivity index (χ1) is 4.33. The molecule has 0 radical (unpaired) electrons. The molecule has 1 unspecified atom stereocenters. The second-order valence-electron chi connectivity index (χ2n) is 2.03. The SMILES string of the molecule is O/N=N\N1CCC(O)C1. The molecule has 9 heavy (non-hydrogen) atoms. The fourth-order valence-electron chi connectivity index (χ4n) is 0.862. The van der Waals surface area contributed by atoms with Crippen molar-refractivity contribution in [2.24, 2.45) is 10.5 Å². The Morgan fingerprint density at radius 2 is 2.33 bits per heavy atom. The van der Waals surface area contributed by atoms with Crippen LogP contribution < -0.4 is 0 Å². The summed E-state index contributed by atoms with van der Waals surface area (Å²) in [5, 5.41) is 24.3. The third kappa shape index (κ3) is 1.53. The molecule has 0 aromatic rings. The Bertz CT molecular complexity index is 116. The number of hydrogen-bond acceptors (Lipinski definition) is 3. The molecule has 0 aromatic carbocycles. The first-order valence-corrected chi connectivity index (χ1v) is 2.81. The highest BCUT2D eigenvalue weighted by atomic mass is 16.5. The van der Waals surface area contributed by atoms with Crippen molar-refractivity contribution in [1.82, 2.24) is 5.01 Å². The van der Waals surface area contributed by atoms with Crippen LogP contribution in [0.15, 0.2) is 10.5 Å². The lowest BCUT2D eigenvalue weighted by Gasteiger charge is -2.04. The summed E-state index contributed by atoms with van der Waals surface area (Å²) in [5.41, 5.74) is 0. The maximum Gasteiger partial charge on any atom is 0.0750 e. The Morgan fingerprint density at radius 3 is 2.78 bits per heavy atom. The average molecular weight is 131 g/mol. The normalized spacial score (nSPS) is 28.1. The van der Waals surface area contributed by atoms with Crippen molar-refractivity contribution in [3.63, 3.8) is 0 Å². The van der Waals surface area contributed by atoms with Crippen molar-refractivity contribution in [2.75, 3.05) is 13.1 Å². The molecule has 1 fully saturated rings. The van der Waals surface area contributed by atoms with Crippen LogP contribution in [0.1, 0.15) is 6.42 Å². The Balaban J connectivity index is 2.30. The van der Waals surface area contributed by atoms with Gasteiger partial charge in [0, 0.05) is 11.8 Å². The molecule has 1 aliphatic heterocycles. The summed E-state index contributed by atoms with van der Waals surface area (Å²) in [4.78, 5) is 0. The highest BCUT2D eigenvalue weighted by molar-refractivity contribution is 4.69. The molecule has 1 rings (SSSR count). The number of hydrogen-bond donors (Lipinski definition) is 2. The third-order valence-corrected chi connectivity index (χ3v) is 1.31. The Labute approximate surface area is 52.5 Å². The molecule has 0 amide bonds. The van der Waals surface area contributed by atoms with Crippen LogP contribution in [0.5, 0.6) is 0 Å². The van der Waals surface area contributed by atoms with Crippen LogP contribution in [0.25, 0.3) is 0 Å². The van der Waals surface area contributed by atoms with Gasteiger partial charge in [0.15, 0.2) is 0 Å². The van der Waals surface area contributed by atoms with Gasteiger partial charge in [-0.2, -0.15) is 0 Å². The molecule has 2 N–H and O–H groups in total. The fourth-order valence-corrected chi connectivity index (χ4v) is 0.862. The summed E-state index contributed by atoms with van der Waals surface area (Å²) >= 11 is 0. The summed E-state index contributed by atoms with van der Waals surface area (Å²) in [6.45, 7) is 1.15. The molecule has 1 atom stereocenters. The van der Waals surface area contributed by atoms with E-state index in [2.05, 4.69) is 10.5 Å². The minimum absolute atomic E-state index is 0.310. The number of nitrogens with zero attached hydrogens (tertiary/aromatic N) is 3. The maximum atomic E-state index is 8.90. The second kappa shape index (κ2) is 2.63. The van der Waals surface area contributed by atoms with Crippen LogP contribution in [-0.4, -0.2) is 34.5 Å².